The molecule has 1 heterocycles. The number of aromatic nitrogens is 2. The maximum absolute atomic E-state index is 10.9. The van der Waals surface area contributed by atoms with E-state index < -0.39 is 5.97 Å². The minimum atomic E-state index is -1.09. The molecule has 0 unspecified atom stereocenters. The van der Waals surface area contributed by atoms with Gasteiger partial charge in [-0.05, 0) is 34.6 Å². The van der Waals surface area contributed by atoms with Gasteiger partial charge in [-0.25, -0.2) is 14.8 Å². The molecule has 1 aromatic heterocycles. The second-order valence-corrected chi connectivity index (χ2v) is 4.59. The molecule has 0 bridgehead atoms. The lowest BCUT2D eigenvalue weighted by atomic mass is 10.2. The van der Waals surface area contributed by atoms with Gasteiger partial charge in [-0.3, -0.25) is 0 Å². The van der Waals surface area contributed by atoms with Gasteiger partial charge in [0, 0.05) is 23.8 Å². The molecule has 1 aromatic rings. The first kappa shape index (κ1) is 13.4. The molecule has 0 atom stereocenters. The zero-order valence-electron chi connectivity index (χ0n) is 10.9. The summed E-state index contributed by atoms with van der Waals surface area (Å²) in [6, 6.07) is 2.32. The van der Waals surface area contributed by atoms with E-state index in [1.54, 1.807) is 6.92 Å². The van der Waals surface area contributed by atoms with Gasteiger partial charge in [0.25, 0.3) is 0 Å². The number of hydrogen-bond acceptors (Lipinski definition) is 4. The van der Waals surface area contributed by atoms with E-state index in [0.717, 1.165) is 0 Å². The molecule has 0 aliphatic carbocycles. The van der Waals surface area contributed by atoms with E-state index in [1.807, 2.05) is 6.07 Å². The van der Waals surface area contributed by atoms with Crippen molar-refractivity contribution in [1.82, 2.24) is 9.97 Å². The SMILES string of the molecule is Cc1cc(N(C(C)C)C(C)C)nc(C(=O)O)n1. The summed E-state index contributed by atoms with van der Waals surface area (Å²) in [4.78, 5) is 21.0. The fourth-order valence-corrected chi connectivity index (χ4v) is 1.91. The second-order valence-electron chi connectivity index (χ2n) is 4.59. The number of carboxylic acids is 1. The fourth-order valence-electron chi connectivity index (χ4n) is 1.91. The Hall–Kier alpha value is -1.65. The van der Waals surface area contributed by atoms with Crippen LogP contribution in [0.25, 0.3) is 0 Å². The van der Waals surface area contributed by atoms with E-state index in [1.165, 1.54) is 0 Å². The van der Waals surface area contributed by atoms with Crippen molar-refractivity contribution in [3.63, 3.8) is 0 Å². The number of anilines is 1. The summed E-state index contributed by atoms with van der Waals surface area (Å²) >= 11 is 0. The smallest absolute Gasteiger partial charge is 0.374 e. The lowest BCUT2D eigenvalue weighted by molar-refractivity contribution is 0.0683. The van der Waals surface area contributed by atoms with E-state index >= 15 is 0 Å². The first-order valence-electron chi connectivity index (χ1n) is 5.70. The monoisotopic (exact) mass is 237 g/mol. The van der Waals surface area contributed by atoms with E-state index in [9.17, 15) is 4.79 Å². The number of nitrogens with zero attached hydrogens (tertiary/aromatic N) is 3. The molecule has 0 aromatic carbocycles. The van der Waals surface area contributed by atoms with Crippen LogP contribution in [-0.2, 0) is 0 Å². The van der Waals surface area contributed by atoms with Crippen LogP contribution in [-0.4, -0.2) is 33.1 Å². The molecule has 1 rings (SSSR count). The summed E-state index contributed by atoms with van der Waals surface area (Å²) in [6.07, 6.45) is 0. The van der Waals surface area contributed by atoms with Crippen molar-refractivity contribution in [2.24, 2.45) is 0 Å². The summed E-state index contributed by atoms with van der Waals surface area (Å²) < 4.78 is 0. The summed E-state index contributed by atoms with van der Waals surface area (Å²) in [6.45, 7) is 9.99. The summed E-state index contributed by atoms with van der Waals surface area (Å²) in [5.74, 6) is -0.575. The molecular formula is C12H19N3O2. The number of carboxylic acid groups (broad SMARTS) is 1. The molecule has 0 aliphatic rings. The third-order valence-electron chi connectivity index (χ3n) is 2.41. The zero-order chi connectivity index (χ0) is 13.2. The van der Waals surface area contributed by atoms with Crippen LogP contribution in [0.15, 0.2) is 6.07 Å². The number of hydrogen-bond donors (Lipinski definition) is 1. The first-order valence-corrected chi connectivity index (χ1v) is 5.70. The molecule has 0 spiro atoms. The van der Waals surface area contributed by atoms with Gasteiger partial charge in [0.15, 0.2) is 0 Å². The van der Waals surface area contributed by atoms with Gasteiger partial charge in [0.05, 0.1) is 0 Å². The average Bonchev–Trinajstić information content (AvgIpc) is 2.15. The van der Waals surface area contributed by atoms with Gasteiger partial charge < -0.3 is 10.0 Å². The Morgan fingerprint density at radius 1 is 1.24 bits per heavy atom. The minimum absolute atomic E-state index is 0.147. The molecule has 0 radical (unpaired) electrons. The Morgan fingerprint density at radius 3 is 2.18 bits per heavy atom. The van der Waals surface area contributed by atoms with Gasteiger partial charge >= 0.3 is 5.97 Å². The molecule has 0 fully saturated rings. The van der Waals surface area contributed by atoms with Crippen LogP contribution < -0.4 is 4.90 Å². The van der Waals surface area contributed by atoms with Crippen LogP contribution in [0.4, 0.5) is 5.82 Å². The van der Waals surface area contributed by atoms with Crippen molar-refractivity contribution in [3.8, 4) is 0 Å². The number of rotatable bonds is 4. The van der Waals surface area contributed by atoms with Crippen molar-refractivity contribution in [2.45, 2.75) is 46.7 Å². The quantitative estimate of drug-likeness (QED) is 0.868. The first-order chi connectivity index (χ1) is 7.82. The van der Waals surface area contributed by atoms with Gasteiger partial charge in [-0.15, -0.1) is 0 Å². The standard InChI is InChI=1S/C12H19N3O2/c1-7(2)15(8(3)4)10-6-9(5)13-11(14-10)12(16)17/h6-8H,1-5H3,(H,16,17). The number of aromatic carboxylic acids is 1. The minimum Gasteiger partial charge on any atom is -0.475 e. The lowest BCUT2D eigenvalue weighted by Crippen LogP contribution is -2.38. The maximum Gasteiger partial charge on any atom is 0.374 e. The Balaban J connectivity index is 3.24. The van der Waals surface area contributed by atoms with Gasteiger partial charge in [-0.2, -0.15) is 0 Å². The highest BCUT2D eigenvalue weighted by Crippen LogP contribution is 2.18. The van der Waals surface area contributed by atoms with Crippen LogP contribution >= 0.6 is 0 Å². The van der Waals surface area contributed by atoms with Crippen LogP contribution in [0.3, 0.4) is 0 Å². The highest BCUT2D eigenvalue weighted by atomic mass is 16.4. The topological polar surface area (TPSA) is 66.3 Å². The normalized spacial score (nSPS) is 11.0. The molecular weight excluding hydrogens is 218 g/mol. The van der Waals surface area contributed by atoms with E-state index in [-0.39, 0.29) is 17.9 Å². The highest BCUT2D eigenvalue weighted by molar-refractivity contribution is 5.83. The van der Waals surface area contributed by atoms with Crippen LogP contribution in [0.1, 0.15) is 44.0 Å². The third kappa shape index (κ3) is 3.15. The maximum atomic E-state index is 10.9. The molecule has 0 saturated carbocycles. The average molecular weight is 237 g/mol. The lowest BCUT2D eigenvalue weighted by Gasteiger charge is -2.32. The Kier molecular flexibility index (Phi) is 4.04. The fraction of sp³-hybridized carbons (Fsp3) is 0.583. The largest absolute Gasteiger partial charge is 0.475 e. The molecule has 0 aliphatic heterocycles. The predicted octanol–water partition coefficient (Wildman–Crippen LogP) is 2.11. The van der Waals surface area contributed by atoms with Crippen LogP contribution in [0.5, 0.6) is 0 Å². The van der Waals surface area contributed by atoms with E-state index in [0.29, 0.717) is 11.5 Å². The Labute approximate surface area is 102 Å². The van der Waals surface area contributed by atoms with Crippen molar-refractivity contribution < 1.29 is 9.90 Å². The molecule has 0 amide bonds. The molecule has 0 saturated heterocycles. The second kappa shape index (κ2) is 5.12. The van der Waals surface area contributed by atoms with Crippen molar-refractivity contribution in [1.29, 1.82) is 0 Å². The molecule has 5 nitrogen and oxygen atoms in total. The summed E-state index contributed by atoms with van der Waals surface area (Å²) in [5.41, 5.74) is 0.665. The Morgan fingerprint density at radius 2 is 1.76 bits per heavy atom. The summed E-state index contributed by atoms with van der Waals surface area (Å²) in [5, 5.41) is 8.95. The van der Waals surface area contributed by atoms with Crippen LogP contribution in [0.2, 0.25) is 0 Å². The van der Waals surface area contributed by atoms with Crippen molar-refractivity contribution in [2.75, 3.05) is 4.90 Å². The van der Waals surface area contributed by atoms with Gasteiger partial charge in [0.1, 0.15) is 5.82 Å². The molecule has 1 N–H and O–H groups in total. The van der Waals surface area contributed by atoms with E-state index in [4.69, 9.17) is 5.11 Å². The number of aryl methyl sites for hydroxylation is 1. The van der Waals surface area contributed by atoms with Gasteiger partial charge in [0.2, 0.25) is 5.82 Å². The van der Waals surface area contributed by atoms with Gasteiger partial charge in [-0.1, -0.05) is 0 Å². The highest BCUT2D eigenvalue weighted by Gasteiger charge is 2.18. The molecule has 94 valence electrons. The van der Waals surface area contributed by atoms with E-state index in [2.05, 4.69) is 42.6 Å². The van der Waals surface area contributed by atoms with Crippen molar-refractivity contribution >= 4 is 11.8 Å². The predicted molar refractivity (Wildman–Crippen MR) is 66.5 cm³/mol. The zero-order valence-corrected chi connectivity index (χ0v) is 10.9. The third-order valence-corrected chi connectivity index (χ3v) is 2.41. The molecule has 5 heteroatoms. The van der Waals surface area contributed by atoms with Crippen molar-refractivity contribution in [3.05, 3.63) is 17.6 Å². The summed E-state index contributed by atoms with van der Waals surface area (Å²) in [7, 11) is 0. The Bertz CT molecular complexity index is 408. The number of carbonyl (C=O) groups is 1. The van der Waals surface area contributed by atoms with Crippen LogP contribution in [0, 0.1) is 6.92 Å². The molecule has 17 heavy (non-hydrogen) atoms.